The molecule has 4 nitrogen and oxygen atoms in total. The van der Waals surface area contributed by atoms with Gasteiger partial charge in [-0.1, -0.05) is 47.5 Å². The van der Waals surface area contributed by atoms with E-state index in [-0.39, 0.29) is 6.16 Å². The zero-order chi connectivity index (χ0) is 18.7. The quantitative estimate of drug-likeness (QED) is 0.589. The Morgan fingerprint density at radius 2 is 1.04 bits per heavy atom. The van der Waals surface area contributed by atoms with Crippen LogP contribution in [0.2, 0.25) is 0 Å². The second-order valence-electron chi connectivity index (χ2n) is 6.50. The highest BCUT2D eigenvalue weighted by Crippen LogP contribution is 2.40. The summed E-state index contributed by atoms with van der Waals surface area (Å²) in [5.41, 5.74) is 6.00. The minimum atomic E-state index is -4.07. The van der Waals surface area contributed by atoms with Gasteiger partial charge in [0, 0.05) is 17.1 Å². The summed E-state index contributed by atoms with van der Waals surface area (Å²) in [6.45, 7) is 4.10. The molecule has 0 amide bonds. The third-order valence-electron chi connectivity index (χ3n) is 4.17. The first-order chi connectivity index (χ1) is 12.3. The lowest BCUT2D eigenvalue weighted by atomic mass is 10.1. The van der Waals surface area contributed by atoms with E-state index in [2.05, 4.69) is 67.3 Å². The number of hydrogen-bond donors (Lipinski definition) is 2. The fourth-order valence-corrected chi connectivity index (χ4v) is 3.51. The molecule has 0 unspecified atom stereocenters. The lowest BCUT2D eigenvalue weighted by Gasteiger charge is -2.26. The summed E-state index contributed by atoms with van der Waals surface area (Å²) in [6.07, 6.45) is -0.248. The molecule has 0 fully saturated rings. The van der Waals surface area contributed by atoms with Crippen molar-refractivity contribution >= 4 is 24.7 Å². The number of aryl methyl sites for hydroxylation is 2. The monoisotopic (exact) mass is 367 g/mol. The van der Waals surface area contributed by atoms with Crippen molar-refractivity contribution < 1.29 is 14.4 Å². The van der Waals surface area contributed by atoms with E-state index < -0.39 is 7.60 Å². The molecule has 3 aromatic carbocycles. The molecule has 0 aliphatic heterocycles. The Hall–Kier alpha value is -2.39. The van der Waals surface area contributed by atoms with Crippen LogP contribution >= 0.6 is 7.60 Å². The Bertz CT molecular complexity index is 867. The maximum absolute atomic E-state index is 11.2. The van der Waals surface area contributed by atoms with Gasteiger partial charge in [0.15, 0.2) is 0 Å². The van der Waals surface area contributed by atoms with E-state index in [1.165, 1.54) is 11.1 Å². The summed E-state index contributed by atoms with van der Waals surface area (Å²) < 4.78 is 11.2. The van der Waals surface area contributed by atoms with Crippen molar-refractivity contribution in [3.8, 4) is 0 Å². The van der Waals surface area contributed by atoms with Gasteiger partial charge in [-0.25, -0.2) is 0 Å². The number of rotatable bonds is 5. The normalized spacial score (nSPS) is 11.4. The van der Waals surface area contributed by atoms with Crippen molar-refractivity contribution in [3.05, 3.63) is 89.5 Å². The van der Waals surface area contributed by atoms with Crippen LogP contribution in [0.5, 0.6) is 0 Å². The molecule has 5 heteroatoms. The Kier molecular flexibility index (Phi) is 5.28. The summed E-state index contributed by atoms with van der Waals surface area (Å²) in [5.74, 6) is 0. The first-order valence-electron chi connectivity index (χ1n) is 8.39. The Balaban J connectivity index is 2.01. The largest absolute Gasteiger partial charge is 0.329 e. The minimum Gasteiger partial charge on any atom is -0.324 e. The average molecular weight is 367 g/mol. The van der Waals surface area contributed by atoms with Crippen molar-refractivity contribution in [1.29, 1.82) is 0 Å². The summed E-state index contributed by atoms with van der Waals surface area (Å²) in [7, 11) is -4.07. The molecule has 3 rings (SSSR count). The Morgan fingerprint density at radius 1 is 0.692 bits per heavy atom. The number of benzene rings is 3. The molecule has 0 radical (unpaired) electrons. The van der Waals surface area contributed by atoms with Crippen LogP contribution in [0.15, 0.2) is 72.8 Å². The highest BCUT2D eigenvalue weighted by atomic mass is 31.2. The molecular formula is C21H22NO3P. The van der Waals surface area contributed by atoms with Crippen molar-refractivity contribution in [2.24, 2.45) is 0 Å². The maximum atomic E-state index is 11.2. The van der Waals surface area contributed by atoms with Gasteiger partial charge in [0.25, 0.3) is 0 Å². The molecular weight excluding hydrogens is 345 g/mol. The highest BCUT2D eigenvalue weighted by Gasteiger charge is 2.16. The standard InChI is InChI=1S/C21H22NO3P/c1-16-3-9-19(10-4-16)22(20-11-5-17(2)6-12-20)21-13-7-18(8-14-21)15-26(23,24)25/h3-14H,15H2,1-2H3,(H2,23,24,25). The highest BCUT2D eigenvalue weighted by molar-refractivity contribution is 7.50. The smallest absolute Gasteiger partial charge is 0.324 e. The summed E-state index contributed by atoms with van der Waals surface area (Å²) in [5, 5.41) is 0. The molecule has 0 spiro atoms. The molecule has 0 bridgehead atoms. The Labute approximate surface area is 153 Å². The molecule has 0 atom stereocenters. The van der Waals surface area contributed by atoms with E-state index >= 15 is 0 Å². The van der Waals surface area contributed by atoms with Crippen LogP contribution in [0.25, 0.3) is 0 Å². The lowest BCUT2D eigenvalue weighted by Crippen LogP contribution is -2.10. The van der Waals surface area contributed by atoms with Crippen LogP contribution in [-0.2, 0) is 10.7 Å². The third kappa shape index (κ3) is 4.61. The van der Waals surface area contributed by atoms with Crippen molar-refractivity contribution in [1.82, 2.24) is 0 Å². The van der Waals surface area contributed by atoms with Gasteiger partial charge in [-0.05, 0) is 55.8 Å². The number of nitrogens with zero attached hydrogens (tertiary/aromatic N) is 1. The molecule has 0 saturated carbocycles. The summed E-state index contributed by atoms with van der Waals surface area (Å²) >= 11 is 0. The molecule has 0 aliphatic carbocycles. The molecule has 2 N–H and O–H groups in total. The van der Waals surface area contributed by atoms with E-state index in [0.717, 1.165) is 17.1 Å². The number of hydrogen-bond acceptors (Lipinski definition) is 2. The van der Waals surface area contributed by atoms with E-state index in [1.54, 1.807) is 12.1 Å². The summed E-state index contributed by atoms with van der Waals surface area (Å²) in [4.78, 5) is 20.4. The van der Waals surface area contributed by atoms with Gasteiger partial charge in [0.2, 0.25) is 0 Å². The minimum absolute atomic E-state index is 0.248. The van der Waals surface area contributed by atoms with Crippen molar-refractivity contribution in [3.63, 3.8) is 0 Å². The Morgan fingerprint density at radius 3 is 1.38 bits per heavy atom. The third-order valence-corrected chi connectivity index (χ3v) is 4.94. The van der Waals surface area contributed by atoms with Gasteiger partial charge in [0.05, 0.1) is 6.16 Å². The zero-order valence-corrected chi connectivity index (χ0v) is 15.7. The molecule has 26 heavy (non-hydrogen) atoms. The second-order valence-corrected chi connectivity index (χ2v) is 8.14. The van der Waals surface area contributed by atoms with Crippen LogP contribution in [0.4, 0.5) is 17.1 Å². The molecule has 0 aliphatic rings. The van der Waals surface area contributed by atoms with Gasteiger partial charge >= 0.3 is 7.60 Å². The predicted octanol–water partition coefficient (Wildman–Crippen LogP) is 5.45. The SMILES string of the molecule is Cc1ccc(N(c2ccc(C)cc2)c2ccc(CP(=O)(O)O)cc2)cc1. The molecule has 0 saturated heterocycles. The first-order valence-corrected chi connectivity index (χ1v) is 10.2. The molecule has 0 heterocycles. The van der Waals surface area contributed by atoms with Crippen molar-refractivity contribution in [2.75, 3.05) is 4.90 Å². The van der Waals surface area contributed by atoms with Gasteiger partial charge in [-0.3, -0.25) is 4.57 Å². The molecule has 3 aromatic rings. The van der Waals surface area contributed by atoms with Crippen LogP contribution in [0, 0.1) is 13.8 Å². The van der Waals surface area contributed by atoms with Gasteiger partial charge in [-0.2, -0.15) is 0 Å². The topological polar surface area (TPSA) is 60.8 Å². The maximum Gasteiger partial charge on any atom is 0.329 e. The summed E-state index contributed by atoms with van der Waals surface area (Å²) in [6, 6.07) is 23.9. The fraction of sp³-hybridized carbons (Fsp3) is 0.143. The lowest BCUT2D eigenvalue weighted by molar-refractivity contribution is 0.371. The molecule has 134 valence electrons. The average Bonchev–Trinajstić information content (AvgIpc) is 2.59. The van der Waals surface area contributed by atoms with Crippen molar-refractivity contribution in [2.45, 2.75) is 20.0 Å². The van der Waals surface area contributed by atoms with E-state index in [9.17, 15) is 4.57 Å². The van der Waals surface area contributed by atoms with Gasteiger partial charge in [-0.15, -0.1) is 0 Å². The zero-order valence-electron chi connectivity index (χ0n) is 14.8. The second kappa shape index (κ2) is 7.46. The van der Waals surface area contributed by atoms with Crippen LogP contribution in [0.1, 0.15) is 16.7 Å². The van der Waals surface area contributed by atoms with E-state index in [1.807, 2.05) is 12.1 Å². The number of anilines is 3. The van der Waals surface area contributed by atoms with Crippen LogP contribution in [-0.4, -0.2) is 9.79 Å². The van der Waals surface area contributed by atoms with Gasteiger partial charge < -0.3 is 14.7 Å². The predicted molar refractivity (Wildman–Crippen MR) is 106 cm³/mol. The van der Waals surface area contributed by atoms with Crippen LogP contribution in [0.3, 0.4) is 0 Å². The van der Waals surface area contributed by atoms with Crippen LogP contribution < -0.4 is 4.90 Å². The van der Waals surface area contributed by atoms with Gasteiger partial charge in [0.1, 0.15) is 0 Å². The first kappa shape index (κ1) is 18.4. The van der Waals surface area contributed by atoms with E-state index in [4.69, 9.17) is 9.79 Å². The fourth-order valence-electron chi connectivity index (χ4n) is 2.82. The van der Waals surface area contributed by atoms with E-state index in [0.29, 0.717) is 5.56 Å². The molecule has 0 aromatic heterocycles.